The Labute approximate surface area is 107 Å². The molecular weight excluding hydrogens is 228 g/mol. The Morgan fingerprint density at radius 3 is 2.78 bits per heavy atom. The molecule has 1 aliphatic heterocycles. The number of hydrogen-bond acceptors (Lipinski definition) is 3. The number of nitrogens with two attached hydrogens (primary N) is 1. The smallest absolute Gasteiger partial charge is 0.337 e. The number of aromatic carboxylic acids is 1. The van der Waals surface area contributed by atoms with Crippen molar-refractivity contribution in [2.75, 3.05) is 17.2 Å². The molecule has 0 aromatic heterocycles. The summed E-state index contributed by atoms with van der Waals surface area (Å²) in [4.78, 5) is 13.5. The first-order valence-corrected chi connectivity index (χ1v) is 6.39. The first-order chi connectivity index (χ1) is 8.50. The third-order valence-electron chi connectivity index (χ3n) is 3.70. The Kier molecular flexibility index (Phi) is 3.45. The second kappa shape index (κ2) is 4.88. The molecule has 0 saturated carbocycles. The van der Waals surface area contributed by atoms with Gasteiger partial charge >= 0.3 is 5.97 Å². The van der Waals surface area contributed by atoms with Crippen LogP contribution < -0.4 is 10.6 Å². The number of anilines is 2. The molecule has 1 heterocycles. The maximum atomic E-state index is 11.3. The number of piperidine rings is 1. The molecule has 4 heteroatoms. The Hall–Kier alpha value is -1.71. The van der Waals surface area contributed by atoms with Gasteiger partial charge in [-0.25, -0.2) is 4.79 Å². The van der Waals surface area contributed by atoms with Gasteiger partial charge in [0.15, 0.2) is 0 Å². The van der Waals surface area contributed by atoms with E-state index in [-0.39, 0.29) is 0 Å². The summed E-state index contributed by atoms with van der Waals surface area (Å²) in [5, 5.41) is 9.29. The Balaban J connectivity index is 2.45. The molecule has 2 atom stereocenters. The number of nitrogens with zero attached hydrogens (tertiary/aromatic N) is 1. The highest BCUT2D eigenvalue weighted by Gasteiger charge is 2.27. The molecule has 2 unspecified atom stereocenters. The van der Waals surface area contributed by atoms with Crippen molar-refractivity contribution in [1.82, 2.24) is 0 Å². The van der Waals surface area contributed by atoms with Gasteiger partial charge in [0, 0.05) is 12.6 Å². The van der Waals surface area contributed by atoms with Crippen molar-refractivity contribution in [3.63, 3.8) is 0 Å². The van der Waals surface area contributed by atoms with Crippen LogP contribution in [0, 0.1) is 5.92 Å². The van der Waals surface area contributed by atoms with Crippen LogP contribution in [0.3, 0.4) is 0 Å². The predicted molar refractivity (Wildman–Crippen MR) is 73.0 cm³/mol. The third kappa shape index (κ3) is 2.28. The van der Waals surface area contributed by atoms with Crippen LogP contribution in [0.5, 0.6) is 0 Å². The van der Waals surface area contributed by atoms with Gasteiger partial charge in [-0.2, -0.15) is 0 Å². The minimum Gasteiger partial charge on any atom is -0.478 e. The molecule has 1 fully saturated rings. The molecule has 1 aromatic rings. The maximum absolute atomic E-state index is 11.3. The van der Waals surface area contributed by atoms with E-state index in [0.717, 1.165) is 13.0 Å². The molecule has 0 aliphatic carbocycles. The van der Waals surface area contributed by atoms with Gasteiger partial charge < -0.3 is 15.7 Å². The van der Waals surface area contributed by atoms with Crippen molar-refractivity contribution in [2.24, 2.45) is 5.92 Å². The molecule has 0 spiro atoms. The van der Waals surface area contributed by atoms with E-state index in [9.17, 15) is 9.90 Å². The molecule has 4 nitrogen and oxygen atoms in total. The lowest BCUT2D eigenvalue weighted by Gasteiger charge is -2.39. The molecule has 1 saturated heterocycles. The van der Waals surface area contributed by atoms with Crippen molar-refractivity contribution >= 4 is 17.3 Å². The van der Waals surface area contributed by atoms with E-state index in [1.165, 1.54) is 6.42 Å². The predicted octanol–water partition coefficient (Wildman–Crippen LogP) is 2.59. The summed E-state index contributed by atoms with van der Waals surface area (Å²) in [7, 11) is 0. The zero-order valence-electron chi connectivity index (χ0n) is 10.9. The number of carbonyl (C=O) groups is 1. The molecule has 2 rings (SSSR count). The second-order valence-electron chi connectivity index (χ2n) is 5.23. The van der Waals surface area contributed by atoms with E-state index in [0.29, 0.717) is 28.9 Å². The monoisotopic (exact) mass is 248 g/mol. The Morgan fingerprint density at radius 2 is 2.11 bits per heavy atom. The third-order valence-corrected chi connectivity index (χ3v) is 3.70. The highest BCUT2D eigenvalue weighted by Crippen LogP contribution is 2.34. The van der Waals surface area contributed by atoms with E-state index in [1.54, 1.807) is 18.2 Å². The molecule has 1 aliphatic rings. The number of carboxylic acids is 1. The number of rotatable bonds is 2. The quantitative estimate of drug-likeness (QED) is 0.789. The lowest BCUT2D eigenvalue weighted by Crippen LogP contribution is -2.42. The van der Waals surface area contributed by atoms with Gasteiger partial charge in [-0.05, 0) is 37.8 Å². The molecular formula is C14H20N2O2. The fraction of sp³-hybridized carbons (Fsp3) is 0.500. The van der Waals surface area contributed by atoms with Gasteiger partial charge in [-0.15, -0.1) is 0 Å². The van der Waals surface area contributed by atoms with Crippen LogP contribution in [0.15, 0.2) is 18.2 Å². The summed E-state index contributed by atoms with van der Waals surface area (Å²) < 4.78 is 0. The van der Waals surface area contributed by atoms with Crippen LogP contribution >= 0.6 is 0 Å². The minimum atomic E-state index is -0.914. The topological polar surface area (TPSA) is 66.6 Å². The van der Waals surface area contributed by atoms with Gasteiger partial charge in [-0.3, -0.25) is 0 Å². The maximum Gasteiger partial charge on any atom is 0.337 e. The van der Waals surface area contributed by atoms with Crippen LogP contribution in [0.1, 0.15) is 37.0 Å². The van der Waals surface area contributed by atoms with Gasteiger partial charge in [0.1, 0.15) is 0 Å². The van der Waals surface area contributed by atoms with E-state index >= 15 is 0 Å². The number of benzene rings is 1. The van der Waals surface area contributed by atoms with Crippen LogP contribution in [-0.4, -0.2) is 23.7 Å². The molecule has 0 bridgehead atoms. The van der Waals surface area contributed by atoms with Gasteiger partial charge in [-0.1, -0.05) is 13.0 Å². The van der Waals surface area contributed by atoms with Crippen LogP contribution in [-0.2, 0) is 0 Å². The average molecular weight is 248 g/mol. The molecule has 0 radical (unpaired) electrons. The lowest BCUT2D eigenvalue weighted by molar-refractivity contribution is 0.0697. The molecule has 3 N–H and O–H groups in total. The summed E-state index contributed by atoms with van der Waals surface area (Å²) in [5.41, 5.74) is 7.53. The van der Waals surface area contributed by atoms with Crippen molar-refractivity contribution in [3.05, 3.63) is 23.8 Å². The van der Waals surface area contributed by atoms with Gasteiger partial charge in [0.05, 0.1) is 16.9 Å². The Morgan fingerprint density at radius 1 is 1.39 bits per heavy atom. The highest BCUT2D eigenvalue weighted by atomic mass is 16.4. The van der Waals surface area contributed by atoms with Gasteiger partial charge in [0.25, 0.3) is 0 Å². The van der Waals surface area contributed by atoms with Gasteiger partial charge in [0.2, 0.25) is 0 Å². The Bertz CT molecular complexity index is 459. The summed E-state index contributed by atoms with van der Waals surface area (Å²) in [6, 6.07) is 5.43. The van der Waals surface area contributed by atoms with Crippen molar-refractivity contribution in [1.29, 1.82) is 0 Å². The normalized spacial score (nSPS) is 24.0. The lowest BCUT2D eigenvalue weighted by atomic mass is 9.93. The van der Waals surface area contributed by atoms with Crippen LogP contribution in [0.2, 0.25) is 0 Å². The molecule has 0 amide bonds. The van der Waals surface area contributed by atoms with E-state index in [1.807, 2.05) is 0 Å². The first kappa shape index (κ1) is 12.7. The van der Waals surface area contributed by atoms with Crippen molar-refractivity contribution in [3.8, 4) is 0 Å². The number of nitrogen functional groups attached to an aromatic ring is 1. The summed E-state index contributed by atoms with van der Waals surface area (Å²) in [5.74, 6) is -0.342. The van der Waals surface area contributed by atoms with E-state index in [2.05, 4.69) is 18.7 Å². The largest absolute Gasteiger partial charge is 0.478 e. The number of carboxylic acid groups (broad SMARTS) is 1. The second-order valence-corrected chi connectivity index (χ2v) is 5.23. The fourth-order valence-electron chi connectivity index (χ4n) is 2.65. The minimum absolute atomic E-state index is 0.302. The number of para-hydroxylation sites is 1. The van der Waals surface area contributed by atoms with E-state index < -0.39 is 5.97 Å². The average Bonchev–Trinajstić information content (AvgIpc) is 2.32. The van der Waals surface area contributed by atoms with Crippen molar-refractivity contribution in [2.45, 2.75) is 32.7 Å². The van der Waals surface area contributed by atoms with Crippen LogP contribution in [0.25, 0.3) is 0 Å². The highest BCUT2D eigenvalue weighted by molar-refractivity contribution is 5.98. The zero-order valence-corrected chi connectivity index (χ0v) is 10.9. The molecule has 1 aromatic carbocycles. The summed E-state index contributed by atoms with van der Waals surface area (Å²) >= 11 is 0. The standard InChI is InChI=1S/C14H20N2O2/c1-9-6-7-10(2)16(8-9)13-11(14(17)18)4-3-5-12(13)15/h3-5,9-10H,6-8,15H2,1-2H3,(H,17,18). The SMILES string of the molecule is CC1CCC(C)N(c2c(N)cccc2C(=O)O)C1. The first-order valence-electron chi connectivity index (χ1n) is 6.39. The van der Waals surface area contributed by atoms with Crippen LogP contribution in [0.4, 0.5) is 11.4 Å². The van der Waals surface area contributed by atoms with E-state index in [4.69, 9.17) is 5.73 Å². The van der Waals surface area contributed by atoms with Crippen molar-refractivity contribution < 1.29 is 9.90 Å². The molecule has 18 heavy (non-hydrogen) atoms. The summed E-state index contributed by atoms with van der Waals surface area (Å²) in [6.07, 6.45) is 2.27. The molecule has 98 valence electrons. The number of hydrogen-bond donors (Lipinski definition) is 2. The zero-order chi connectivity index (χ0) is 13.3. The summed E-state index contributed by atoms with van der Waals surface area (Å²) in [6.45, 7) is 5.19. The fourth-order valence-corrected chi connectivity index (χ4v) is 2.65.